The molecular formula is C20H30N2O2. The SMILES string of the molecule is CCC(NCC1=CCN(C(=O)OC(C)(C)C)CC1)c1ccccc1. The van der Waals surface area contributed by atoms with E-state index in [0.717, 1.165) is 25.9 Å². The van der Waals surface area contributed by atoms with Crippen molar-refractivity contribution in [3.05, 3.63) is 47.5 Å². The van der Waals surface area contributed by atoms with E-state index in [-0.39, 0.29) is 6.09 Å². The second kappa shape index (κ2) is 8.34. The fourth-order valence-corrected chi connectivity index (χ4v) is 2.80. The maximum absolute atomic E-state index is 12.1. The summed E-state index contributed by atoms with van der Waals surface area (Å²) in [5.74, 6) is 0. The minimum absolute atomic E-state index is 0.221. The molecule has 0 fully saturated rings. The van der Waals surface area contributed by atoms with Crippen LogP contribution in [0.2, 0.25) is 0 Å². The highest BCUT2D eigenvalue weighted by Crippen LogP contribution is 2.18. The zero-order valence-electron chi connectivity index (χ0n) is 15.3. The van der Waals surface area contributed by atoms with E-state index in [1.807, 2.05) is 26.8 Å². The molecule has 1 aromatic rings. The first kappa shape index (κ1) is 18.5. The van der Waals surface area contributed by atoms with Gasteiger partial charge in [0.15, 0.2) is 0 Å². The summed E-state index contributed by atoms with van der Waals surface area (Å²) in [5.41, 5.74) is 2.25. The molecule has 0 spiro atoms. The maximum atomic E-state index is 12.1. The van der Waals surface area contributed by atoms with Crippen molar-refractivity contribution in [1.82, 2.24) is 10.2 Å². The van der Waals surface area contributed by atoms with E-state index in [0.29, 0.717) is 12.6 Å². The number of carbonyl (C=O) groups excluding carboxylic acids is 1. The van der Waals surface area contributed by atoms with Crippen LogP contribution in [0.25, 0.3) is 0 Å². The van der Waals surface area contributed by atoms with Crippen LogP contribution in [0.5, 0.6) is 0 Å². The minimum atomic E-state index is -0.438. The van der Waals surface area contributed by atoms with Crippen molar-refractivity contribution < 1.29 is 9.53 Å². The molecule has 2 rings (SSSR count). The second-order valence-corrected chi connectivity index (χ2v) is 7.29. The van der Waals surface area contributed by atoms with Crippen molar-refractivity contribution in [3.8, 4) is 0 Å². The van der Waals surface area contributed by atoms with Crippen molar-refractivity contribution in [2.75, 3.05) is 19.6 Å². The summed E-state index contributed by atoms with van der Waals surface area (Å²) >= 11 is 0. The zero-order chi connectivity index (χ0) is 17.6. The van der Waals surface area contributed by atoms with Gasteiger partial charge in [-0.25, -0.2) is 4.79 Å². The molecule has 1 N–H and O–H groups in total. The summed E-state index contributed by atoms with van der Waals surface area (Å²) in [6.07, 6.45) is 3.89. The fourth-order valence-electron chi connectivity index (χ4n) is 2.80. The lowest BCUT2D eigenvalue weighted by Crippen LogP contribution is -2.40. The topological polar surface area (TPSA) is 41.6 Å². The molecule has 1 atom stereocenters. The Morgan fingerprint density at radius 2 is 2.00 bits per heavy atom. The lowest BCUT2D eigenvalue weighted by Gasteiger charge is -2.30. The molecule has 24 heavy (non-hydrogen) atoms. The highest BCUT2D eigenvalue weighted by atomic mass is 16.6. The van der Waals surface area contributed by atoms with Crippen molar-refractivity contribution in [1.29, 1.82) is 0 Å². The summed E-state index contributed by atoms with van der Waals surface area (Å²) < 4.78 is 5.43. The summed E-state index contributed by atoms with van der Waals surface area (Å²) in [6, 6.07) is 10.9. The van der Waals surface area contributed by atoms with Crippen molar-refractivity contribution >= 4 is 6.09 Å². The molecule has 0 aromatic heterocycles. The molecule has 0 saturated carbocycles. The van der Waals surface area contributed by atoms with E-state index < -0.39 is 5.60 Å². The van der Waals surface area contributed by atoms with Crippen LogP contribution in [0.1, 0.15) is 52.1 Å². The Balaban J connectivity index is 1.84. The van der Waals surface area contributed by atoms with Crippen LogP contribution < -0.4 is 5.32 Å². The monoisotopic (exact) mass is 330 g/mol. The number of nitrogens with zero attached hydrogens (tertiary/aromatic N) is 1. The van der Waals surface area contributed by atoms with E-state index in [1.54, 1.807) is 4.90 Å². The average Bonchev–Trinajstić information content (AvgIpc) is 2.55. The third kappa shape index (κ3) is 5.68. The van der Waals surface area contributed by atoms with Crippen LogP contribution >= 0.6 is 0 Å². The third-order valence-electron chi connectivity index (χ3n) is 4.14. The highest BCUT2D eigenvalue weighted by molar-refractivity contribution is 5.68. The molecule has 132 valence electrons. The molecule has 1 unspecified atom stereocenters. The predicted octanol–water partition coefficient (Wildman–Crippen LogP) is 4.29. The van der Waals surface area contributed by atoms with Crippen LogP contribution in [-0.2, 0) is 4.74 Å². The zero-order valence-corrected chi connectivity index (χ0v) is 15.3. The Morgan fingerprint density at radius 3 is 2.54 bits per heavy atom. The van der Waals surface area contributed by atoms with E-state index in [4.69, 9.17) is 4.74 Å². The van der Waals surface area contributed by atoms with Gasteiger partial charge in [0, 0.05) is 25.7 Å². The summed E-state index contributed by atoms with van der Waals surface area (Å²) in [6.45, 7) is 10.1. The van der Waals surface area contributed by atoms with E-state index in [9.17, 15) is 4.79 Å². The largest absolute Gasteiger partial charge is 0.444 e. The molecule has 1 amide bonds. The van der Waals surface area contributed by atoms with Gasteiger partial charge in [0.1, 0.15) is 5.60 Å². The Morgan fingerprint density at radius 1 is 1.29 bits per heavy atom. The van der Waals surface area contributed by atoms with E-state index >= 15 is 0 Å². The van der Waals surface area contributed by atoms with Gasteiger partial charge in [-0.05, 0) is 39.2 Å². The van der Waals surface area contributed by atoms with Gasteiger partial charge in [-0.3, -0.25) is 0 Å². The van der Waals surface area contributed by atoms with E-state index in [1.165, 1.54) is 11.1 Å². The second-order valence-electron chi connectivity index (χ2n) is 7.29. The molecule has 4 heteroatoms. The number of hydrogen-bond donors (Lipinski definition) is 1. The van der Waals surface area contributed by atoms with Crippen LogP contribution in [-0.4, -0.2) is 36.2 Å². The van der Waals surface area contributed by atoms with Crippen molar-refractivity contribution in [2.45, 2.75) is 52.2 Å². The van der Waals surface area contributed by atoms with Gasteiger partial charge in [-0.15, -0.1) is 0 Å². The van der Waals surface area contributed by atoms with Gasteiger partial charge >= 0.3 is 6.09 Å². The predicted molar refractivity (Wildman–Crippen MR) is 98.0 cm³/mol. The first-order chi connectivity index (χ1) is 11.4. The number of nitrogens with one attached hydrogen (secondary N) is 1. The summed E-state index contributed by atoms with van der Waals surface area (Å²) in [7, 11) is 0. The van der Waals surface area contributed by atoms with Gasteiger partial charge in [-0.1, -0.05) is 48.9 Å². The average molecular weight is 330 g/mol. The molecule has 1 aliphatic heterocycles. The van der Waals surface area contributed by atoms with Crippen LogP contribution in [0.15, 0.2) is 42.0 Å². The highest BCUT2D eigenvalue weighted by Gasteiger charge is 2.23. The molecule has 4 nitrogen and oxygen atoms in total. The van der Waals surface area contributed by atoms with Crippen molar-refractivity contribution in [3.63, 3.8) is 0 Å². The number of ether oxygens (including phenoxy) is 1. The Hall–Kier alpha value is -1.81. The lowest BCUT2D eigenvalue weighted by molar-refractivity contribution is 0.0265. The fraction of sp³-hybridized carbons (Fsp3) is 0.550. The molecule has 0 radical (unpaired) electrons. The Kier molecular flexibility index (Phi) is 6.44. The van der Waals surface area contributed by atoms with Gasteiger partial charge in [0.2, 0.25) is 0 Å². The van der Waals surface area contributed by atoms with Gasteiger partial charge in [-0.2, -0.15) is 0 Å². The molecule has 0 aliphatic carbocycles. The summed E-state index contributed by atoms with van der Waals surface area (Å²) in [5, 5.41) is 3.63. The first-order valence-corrected chi connectivity index (χ1v) is 8.83. The van der Waals surface area contributed by atoms with Crippen LogP contribution in [0.4, 0.5) is 4.79 Å². The van der Waals surface area contributed by atoms with Crippen LogP contribution in [0.3, 0.4) is 0 Å². The Bertz CT molecular complexity index is 561. The van der Waals surface area contributed by atoms with E-state index in [2.05, 4.69) is 42.6 Å². The molecule has 0 bridgehead atoms. The quantitative estimate of drug-likeness (QED) is 0.819. The standard InChI is InChI=1S/C20H30N2O2/c1-5-18(17-9-7-6-8-10-17)21-15-16-11-13-22(14-12-16)19(23)24-20(2,3)4/h6-11,18,21H,5,12-15H2,1-4H3. The molecule has 1 heterocycles. The molecule has 0 saturated heterocycles. The Labute approximate surface area is 145 Å². The smallest absolute Gasteiger partial charge is 0.410 e. The number of rotatable bonds is 5. The number of amides is 1. The van der Waals surface area contributed by atoms with Gasteiger partial charge < -0.3 is 15.0 Å². The lowest BCUT2D eigenvalue weighted by atomic mass is 10.0. The van der Waals surface area contributed by atoms with Gasteiger partial charge in [0.25, 0.3) is 0 Å². The molecule has 1 aliphatic rings. The number of hydrogen-bond acceptors (Lipinski definition) is 3. The molecule has 1 aromatic carbocycles. The first-order valence-electron chi connectivity index (χ1n) is 8.83. The number of carbonyl (C=O) groups is 1. The summed E-state index contributed by atoms with van der Waals surface area (Å²) in [4.78, 5) is 13.8. The van der Waals surface area contributed by atoms with Gasteiger partial charge in [0.05, 0.1) is 0 Å². The van der Waals surface area contributed by atoms with Crippen LogP contribution in [0, 0.1) is 0 Å². The number of benzene rings is 1. The normalized spacial score (nSPS) is 16.5. The minimum Gasteiger partial charge on any atom is -0.444 e. The van der Waals surface area contributed by atoms with Crippen molar-refractivity contribution in [2.24, 2.45) is 0 Å². The maximum Gasteiger partial charge on any atom is 0.410 e. The molecular weight excluding hydrogens is 300 g/mol. The third-order valence-corrected chi connectivity index (χ3v) is 4.14.